The zero-order chi connectivity index (χ0) is 21.1. The van der Waals surface area contributed by atoms with Gasteiger partial charge in [-0.3, -0.25) is 19.2 Å². The van der Waals surface area contributed by atoms with Crippen LogP contribution in [0.4, 0.5) is 0 Å². The van der Waals surface area contributed by atoms with Crippen LogP contribution < -0.4 is 16.0 Å². The summed E-state index contributed by atoms with van der Waals surface area (Å²) in [5, 5.41) is 23.6. The Balaban J connectivity index is 2.78. The van der Waals surface area contributed by atoms with Gasteiger partial charge in [-0.2, -0.15) is 0 Å². The first-order valence-electron chi connectivity index (χ1n) is 8.81. The number of aliphatic hydroxyl groups excluding tert-OH is 1. The molecule has 9 nitrogen and oxygen atoms in total. The van der Waals surface area contributed by atoms with E-state index in [0.717, 1.165) is 11.1 Å². The SMILES string of the molecule is CC(=O)N[C@@H](CO)C(=O)N[C@@H](CCC(=O)C=N)C(=O)NCc1ccc(C)cc1. The molecule has 152 valence electrons. The van der Waals surface area contributed by atoms with Crippen LogP contribution in [-0.4, -0.2) is 53.5 Å². The monoisotopic (exact) mass is 390 g/mol. The van der Waals surface area contributed by atoms with Gasteiger partial charge < -0.3 is 26.5 Å². The molecule has 0 bridgehead atoms. The average Bonchev–Trinajstić information content (AvgIpc) is 2.67. The number of nitrogens with one attached hydrogen (secondary N) is 4. The topological polar surface area (TPSA) is 148 Å². The van der Waals surface area contributed by atoms with E-state index in [1.54, 1.807) is 0 Å². The van der Waals surface area contributed by atoms with Crippen molar-refractivity contribution in [3.63, 3.8) is 0 Å². The number of carbonyl (C=O) groups excluding carboxylic acids is 4. The molecule has 0 aliphatic carbocycles. The maximum atomic E-state index is 12.5. The minimum absolute atomic E-state index is 0.0160. The zero-order valence-corrected chi connectivity index (χ0v) is 16.0. The molecule has 1 rings (SSSR count). The number of hydrogen-bond acceptors (Lipinski definition) is 6. The highest BCUT2D eigenvalue weighted by Gasteiger charge is 2.26. The number of ketones is 1. The van der Waals surface area contributed by atoms with Gasteiger partial charge in [-0.15, -0.1) is 0 Å². The molecule has 0 aliphatic heterocycles. The molecule has 2 atom stereocenters. The Labute approximate surface area is 163 Å². The summed E-state index contributed by atoms with van der Waals surface area (Å²) in [4.78, 5) is 47.3. The summed E-state index contributed by atoms with van der Waals surface area (Å²) in [5.41, 5.74) is 1.95. The third-order valence-corrected chi connectivity index (χ3v) is 3.94. The van der Waals surface area contributed by atoms with Crippen LogP contribution in [-0.2, 0) is 25.7 Å². The lowest BCUT2D eigenvalue weighted by molar-refractivity contribution is -0.132. The zero-order valence-electron chi connectivity index (χ0n) is 16.0. The second-order valence-corrected chi connectivity index (χ2v) is 6.35. The van der Waals surface area contributed by atoms with Crippen molar-refractivity contribution in [3.05, 3.63) is 35.4 Å². The fourth-order valence-electron chi connectivity index (χ4n) is 2.36. The van der Waals surface area contributed by atoms with Crippen molar-refractivity contribution in [2.45, 2.75) is 45.3 Å². The summed E-state index contributed by atoms with van der Waals surface area (Å²) < 4.78 is 0. The second kappa shape index (κ2) is 11.6. The van der Waals surface area contributed by atoms with E-state index in [1.807, 2.05) is 31.2 Å². The minimum Gasteiger partial charge on any atom is -0.394 e. The van der Waals surface area contributed by atoms with Gasteiger partial charge in [0.1, 0.15) is 12.1 Å². The molecule has 0 fully saturated rings. The van der Waals surface area contributed by atoms with Crippen LogP contribution in [0.25, 0.3) is 0 Å². The molecule has 0 radical (unpaired) electrons. The van der Waals surface area contributed by atoms with Crippen molar-refractivity contribution in [1.29, 1.82) is 5.41 Å². The molecule has 0 aliphatic rings. The average molecular weight is 390 g/mol. The smallest absolute Gasteiger partial charge is 0.245 e. The number of benzene rings is 1. The highest BCUT2D eigenvalue weighted by molar-refractivity contribution is 6.26. The molecule has 5 N–H and O–H groups in total. The van der Waals surface area contributed by atoms with Gasteiger partial charge in [0.2, 0.25) is 17.7 Å². The molecule has 0 heterocycles. The molecule has 3 amide bonds. The molecule has 1 aromatic rings. The predicted molar refractivity (Wildman–Crippen MR) is 103 cm³/mol. The summed E-state index contributed by atoms with van der Waals surface area (Å²) in [7, 11) is 0. The molecule has 0 unspecified atom stereocenters. The largest absolute Gasteiger partial charge is 0.394 e. The van der Waals surface area contributed by atoms with Crippen LogP contribution in [0.15, 0.2) is 24.3 Å². The molecule has 0 aromatic heterocycles. The van der Waals surface area contributed by atoms with Gasteiger partial charge in [-0.05, 0) is 18.9 Å². The molecule has 0 saturated heterocycles. The quantitative estimate of drug-likeness (QED) is 0.326. The number of rotatable bonds is 11. The lowest BCUT2D eigenvalue weighted by atomic mass is 10.1. The lowest BCUT2D eigenvalue weighted by Crippen LogP contribution is -2.54. The third kappa shape index (κ3) is 8.09. The van der Waals surface area contributed by atoms with E-state index < -0.39 is 42.2 Å². The van der Waals surface area contributed by atoms with Crippen molar-refractivity contribution in [1.82, 2.24) is 16.0 Å². The summed E-state index contributed by atoms with van der Waals surface area (Å²) in [6.07, 6.45) is 0.533. The van der Waals surface area contributed by atoms with Crippen LogP contribution in [0, 0.1) is 12.3 Å². The normalized spacial score (nSPS) is 12.4. The Morgan fingerprint density at radius 3 is 2.25 bits per heavy atom. The molecule has 1 aromatic carbocycles. The highest BCUT2D eigenvalue weighted by Crippen LogP contribution is 2.04. The first-order valence-corrected chi connectivity index (χ1v) is 8.81. The van der Waals surface area contributed by atoms with E-state index in [4.69, 9.17) is 5.41 Å². The van der Waals surface area contributed by atoms with Crippen molar-refractivity contribution in [3.8, 4) is 0 Å². The third-order valence-electron chi connectivity index (χ3n) is 3.94. The van der Waals surface area contributed by atoms with Crippen LogP contribution in [0.5, 0.6) is 0 Å². The minimum atomic E-state index is -1.21. The van der Waals surface area contributed by atoms with Crippen LogP contribution in [0.1, 0.15) is 30.9 Å². The van der Waals surface area contributed by atoms with Gasteiger partial charge in [-0.25, -0.2) is 0 Å². The molecular weight excluding hydrogens is 364 g/mol. The van der Waals surface area contributed by atoms with Crippen molar-refractivity contribution in [2.24, 2.45) is 0 Å². The van der Waals surface area contributed by atoms with E-state index in [2.05, 4.69) is 16.0 Å². The fraction of sp³-hybridized carbons (Fsp3) is 0.421. The van der Waals surface area contributed by atoms with Crippen LogP contribution in [0.2, 0.25) is 0 Å². The van der Waals surface area contributed by atoms with E-state index in [-0.39, 0.29) is 19.4 Å². The van der Waals surface area contributed by atoms with Crippen molar-refractivity contribution in [2.75, 3.05) is 6.61 Å². The Morgan fingerprint density at radius 2 is 1.71 bits per heavy atom. The Kier molecular flexibility index (Phi) is 9.52. The number of aryl methyl sites for hydroxylation is 1. The fourth-order valence-corrected chi connectivity index (χ4v) is 2.36. The summed E-state index contributed by atoms with van der Waals surface area (Å²) >= 11 is 0. The number of carbonyl (C=O) groups is 4. The highest BCUT2D eigenvalue weighted by atomic mass is 16.3. The van der Waals surface area contributed by atoms with Crippen molar-refractivity contribution < 1.29 is 24.3 Å². The number of hydrogen-bond donors (Lipinski definition) is 5. The number of aliphatic hydroxyl groups is 1. The van der Waals surface area contributed by atoms with Crippen LogP contribution >= 0.6 is 0 Å². The Morgan fingerprint density at radius 1 is 1.07 bits per heavy atom. The molecular formula is C19H26N4O5. The van der Waals surface area contributed by atoms with Gasteiger partial charge in [0.15, 0.2) is 5.78 Å². The molecule has 0 saturated carbocycles. The Hall–Kier alpha value is -3.07. The molecule has 9 heteroatoms. The van der Waals surface area contributed by atoms with E-state index in [0.29, 0.717) is 6.21 Å². The predicted octanol–water partition coefficient (Wildman–Crippen LogP) is -0.408. The maximum absolute atomic E-state index is 12.5. The molecule has 0 spiro atoms. The summed E-state index contributed by atoms with van der Waals surface area (Å²) in [6, 6.07) is 5.28. The molecule has 28 heavy (non-hydrogen) atoms. The van der Waals surface area contributed by atoms with Gasteiger partial charge >= 0.3 is 0 Å². The van der Waals surface area contributed by atoms with Gasteiger partial charge in [0.25, 0.3) is 0 Å². The van der Waals surface area contributed by atoms with Gasteiger partial charge in [0.05, 0.1) is 12.8 Å². The number of amides is 3. The first-order chi connectivity index (χ1) is 13.3. The summed E-state index contributed by atoms with van der Waals surface area (Å²) in [6.45, 7) is 2.74. The van der Waals surface area contributed by atoms with E-state index in [9.17, 15) is 24.3 Å². The summed E-state index contributed by atoms with van der Waals surface area (Å²) in [5.74, 6) is -2.23. The standard InChI is InChI=1S/C19H26N4O5/c1-12-3-5-14(6-4-12)10-21-18(27)16(8-7-15(26)9-20)23-19(28)17(11-24)22-13(2)25/h3-6,9,16-17,20,24H,7-8,10-11H2,1-2H3,(H,21,27)(H,22,25)(H,23,28)/t16-,17-/m0/s1. The Bertz CT molecular complexity index is 718. The van der Waals surface area contributed by atoms with Crippen molar-refractivity contribution >= 4 is 29.7 Å². The van der Waals surface area contributed by atoms with E-state index in [1.165, 1.54) is 6.92 Å². The lowest BCUT2D eigenvalue weighted by Gasteiger charge is -2.21. The van der Waals surface area contributed by atoms with E-state index >= 15 is 0 Å². The maximum Gasteiger partial charge on any atom is 0.245 e. The van der Waals surface area contributed by atoms with Gasteiger partial charge in [0, 0.05) is 19.9 Å². The van der Waals surface area contributed by atoms with Crippen LogP contribution in [0.3, 0.4) is 0 Å². The van der Waals surface area contributed by atoms with Gasteiger partial charge in [-0.1, -0.05) is 29.8 Å². The second-order valence-electron chi connectivity index (χ2n) is 6.35. The number of Topliss-reactive ketones (excluding diaryl/α,β-unsaturated/α-hetero) is 1. The first kappa shape index (κ1) is 23.0.